The molecule has 0 saturated heterocycles. The minimum atomic E-state index is 0.880. The van der Waals surface area contributed by atoms with E-state index in [4.69, 9.17) is 4.74 Å². The molecule has 2 heteroatoms. The van der Waals surface area contributed by atoms with E-state index in [9.17, 15) is 0 Å². The van der Waals surface area contributed by atoms with Gasteiger partial charge in [-0.3, -0.25) is 0 Å². The molecule has 0 saturated carbocycles. The number of rotatable bonds is 6. The highest BCUT2D eigenvalue weighted by molar-refractivity contribution is 5.24. The smallest absolute Gasteiger partial charge is 0.117 e. The topological polar surface area (TPSA) is 21.3 Å². The largest absolute Gasteiger partial charge is 0.494 e. The predicted molar refractivity (Wildman–Crippen MR) is 64.8 cm³/mol. The third kappa shape index (κ3) is 5.03. The predicted octanol–water partition coefficient (Wildman–Crippen LogP) is 3.02. The first-order chi connectivity index (χ1) is 7.34. The highest BCUT2D eigenvalue weighted by atomic mass is 16.5. The molecule has 1 aliphatic heterocycles. The third-order valence-electron chi connectivity index (χ3n) is 2.52. The van der Waals surface area contributed by atoms with Gasteiger partial charge in [0.2, 0.25) is 0 Å². The molecule has 0 aromatic rings. The second-order valence-corrected chi connectivity index (χ2v) is 3.98. The van der Waals surface area contributed by atoms with Crippen LogP contribution in [0.3, 0.4) is 0 Å². The second-order valence-electron chi connectivity index (χ2n) is 3.98. The Balaban J connectivity index is 2.22. The maximum absolute atomic E-state index is 5.59. The Kier molecular flexibility index (Phi) is 6.17. The maximum atomic E-state index is 5.59. The summed E-state index contributed by atoms with van der Waals surface area (Å²) in [4.78, 5) is 0. The monoisotopic (exact) mass is 209 g/mol. The van der Waals surface area contributed by atoms with E-state index < -0.39 is 0 Å². The summed E-state index contributed by atoms with van der Waals surface area (Å²) in [5.41, 5.74) is 1.29. The SMILES string of the molecule is CCCNCC/C=C(/C)C1=CCCCO1. The van der Waals surface area contributed by atoms with Crippen molar-refractivity contribution in [2.45, 2.75) is 39.5 Å². The van der Waals surface area contributed by atoms with Crippen LogP contribution >= 0.6 is 0 Å². The van der Waals surface area contributed by atoms with E-state index in [1.165, 1.54) is 12.0 Å². The zero-order valence-electron chi connectivity index (χ0n) is 10.0. The number of nitrogens with one attached hydrogen (secondary N) is 1. The Labute approximate surface area is 93.4 Å². The lowest BCUT2D eigenvalue weighted by atomic mass is 10.1. The first-order valence-corrected chi connectivity index (χ1v) is 6.05. The molecule has 0 amide bonds. The Morgan fingerprint density at radius 1 is 1.53 bits per heavy atom. The lowest BCUT2D eigenvalue weighted by Crippen LogP contribution is -2.15. The summed E-state index contributed by atoms with van der Waals surface area (Å²) in [5.74, 6) is 1.09. The zero-order chi connectivity index (χ0) is 10.9. The highest BCUT2D eigenvalue weighted by Gasteiger charge is 2.05. The van der Waals surface area contributed by atoms with Crippen molar-refractivity contribution in [3.05, 3.63) is 23.5 Å². The van der Waals surface area contributed by atoms with Crippen LogP contribution in [0.5, 0.6) is 0 Å². The molecule has 0 unspecified atom stereocenters. The fraction of sp³-hybridized carbons (Fsp3) is 0.692. The first-order valence-electron chi connectivity index (χ1n) is 6.05. The molecule has 0 bridgehead atoms. The minimum absolute atomic E-state index is 0.880. The van der Waals surface area contributed by atoms with Crippen molar-refractivity contribution >= 4 is 0 Å². The van der Waals surface area contributed by atoms with Gasteiger partial charge in [-0.2, -0.15) is 0 Å². The molecule has 86 valence electrons. The molecule has 1 rings (SSSR count). The van der Waals surface area contributed by atoms with Crippen molar-refractivity contribution in [1.82, 2.24) is 5.32 Å². The van der Waals surface area contributed by atoms with Crippen LogP contribution in [-0.4, -0.2) is 19.7 Å². The molecule has 0 aliphatic carbocycles. The van der Waals surface area contributed by atoms with Crippen LogP contribution in [-0.2, 0) is 4.74 Å². The Hall–Kier alpha value is -0.760. The van der Waals surface area contributed by atoms with E-state index in [0.29, 0.717) is 0 Å². The average molecular weight is 209 g/mol. The molecule has 0 spiro atoms. The van der Waals surface area contributed by atoms with Crippen molar-refractivity contribution in [2.24, 2.45) is 0 Å². The Bertz CT molecular complexity index is 231. The summed E-state index contributed by atoms with van der Waals surface area (Å²) in [7, 11) is 0. The van der Waals surface area contributed by atoms with Gasteiger partial charge in [-0.25, -0.2) is 0 Å². The van der Waals surface area contributed by atoms with Crippen LogP contribution in [0.1, 0.15) is 39.5 Å². The number of ether oxygens (including phenoxy) is 1. The second kappa shape index (κ2) is 7.52. The molecule has 2 nitrogen and oxygen atoms in total. The lowest BCUT2D eigenvalue weighted by molar-refractivity contribution is 0.201. The fourth-order valence-electron chi connectivity index (χ4n) is 1.63. The van der Waals surface area contributed by atoms with Gasteiger partial charge in [0, 0.05) is 0 Å². The van der Waals surface area contributed by atoms with Gasteiger partial charge in [-0.05, 0) is 57.3 Å². The van der Waals surface area contributed by atoms with Crippen molar-refractivity contribution in [2.75, 3.05) is 19.7 Å². The number of hydrogen-bond acceptors (Lipinski definition) is 2. The van der Waals surface area contributed by atoms with E-state index in [2.05, 4.69) is 31.3 Å². The van der Waals surface area contributed by atoms with Crippen molar-refractivity contribution in [3.63, 3.8) is 0 Å². The summed E-state index contributed by atoms with van der Waals surface area (Å²) < 4.78 is 5.59. The van der Waals surface area contributed by atoms with E-state index in [1.54, 1.807) is 0 Å². The quantitative estimate of drug-likeness (QED) is 0.679. The minimum Gasteiger partial charge on any atom is -0.494 e. The summed E-state index contributed by atoms with van der Waals surface area (Å²) in [6.45, 7) is 7.39. The van der Waals surface area contributed by atoms with Crippen molar-refractivity contribution in [3.8, 4) is 0 Å². The third-order valence-corrected chi connectivity index (χ3v) is 2.52. The van der Waals surface area contributed by atoms with E-state index in [0.717, 1.165) is 44.7 Å². The van der Waals surface area contributed by atoms with Gasteiger partial charge in [-0.1, -0.05) is 13.0 Å². The fourth-order valence-corrected chi connectivity index (χ4v) is 1.63. The molecular formula is C13H23NO. The van der Waals surface area contributed by atoms with Crippen molar-refractivity contribution in [1.29, 1.82) is 0 Å². The van der Waals surface area contributed by atoms with Gasteiger partial charge in [0.25, 0.3) is 0 Å². The lowest BCUT2D eigenvalue weighted by Gasteiger charge is -2.15. The van der Waals surface area contributed by atoms with E-state index >= 15 is 0 Å². The zero-order valence-corrected chi connectivity index (χ0v) is 10.0. The van der Waals surface area contributed by atoms with Gasteiger partial charge in [0.15, 0.2) is 0 Å². The van der Waals surface area contributed by atoms with Crippen LogP contribution in [0.15, 0.2) is 23.5 Å². The normalized spacial score (nSPS) is 17.2. The van der Waals surface area contributed by atoms with Crippen LogP contribution in [0.2, 0.25) is 0 Å². The first kappa shape index (κ1) is 12.3. The molecule has 0 aromatic heterocycles. The molecule has 15 heavy (non-hydrogen) atoms. The van der Waals surface area contributed by atoms with Gasteiger partial charge in [0.05, 0.1) is 6.61 Å². The summed E-state index contributed by atoms with van der Waals surface area (Å²) >= 11 is 0. The molecule has 0 radical (unpaired) electrons. The van der Waals surface area contributed by atoms with Crippen molar-refractivity contribution < 1.29 is 4.74 Å². The van der Waals surface area contributed by atoms with Gasteiger partial charge in [-0.15, -0.1) is 0 Å². The Morgan fingerprint density at radius 3 is 3.07 bits per heavy atom. The van der Waals surface area contributed by atoms with Gasteiger partial charge in [0.1, 0.15) is 5.76 Å². The maximum Gasteiger partial charge on any atom is 0.117 e. The van der Waals surface area contributed by atoms with Gasteiger partial charge >= 0.3 is 0 Å². The van der Waals surface area contributed by atoms with E-state index in [-0.39, 0.29) is 0 Å². The molecule has 0 aromatic carbocycles. The standard InChI is InChI=1S/C13H23NO/c1-3-9-14-10-6-7-12(2)13-8-4-5-11-15-13/h7-8,14H,3-6,9-11H2,1-2H3/b12-7-. The molecule has 0 fully saturated rings. The van der Waals surface area contributed by atoms with Crippen LogP contribution in [0.4, 0.5) is 0 Å². The molecule has 1 heterocycles. The molecule has 1 aliphatic rings. The summed E-state index contributed by atoms with van der Waals surface area (Å²) in [6, 6.07) is 0. The molecular weight excluding hydrogens is 186 g/mol. The molecule has 0 atom stereocenters. The van der Waals surface area contributed by atoms with Crippen LogP contribution < -0.4 is 5.32 Å². The molecule has 1 N–H and O–H groups in total. The number of allylic oxidation sites excluding steroid dienone is 2. The number of hydrogen-bond donors (Lipinski definition) is 1. The summed E-state index contributed by atoms with van der Waals surface area (Å²) in [6.07, 6.45) is 9.08. The summed E-state index contributed by atoms with van der Waals surface area (Å²) in [5, 5.41) is 3.39. The average Bonchev–Trinajstić information content (AvgIpc) is 2.30. The van der Waals surface area contributed by atoms with Gasteiger partial charge < -0.3 is 10.1 Å². The van der Waals surface area contributed by atoms with Crippen LogP contribution in [0.25, 0.3) is 0 Å². The Morgan fingerprint density at radius 2 is 2.40 bits per heavy atom. The van der Waals surface area contributed by atoms with E-state index in [1.807, 2.05) is 0 Å². The highest BCUT2D eigenvalue weighted by Crippen LogP contribution is 2.17. The van der Waals surface area contributed by atoms with Crippen LogP contribution in [0, 0.1) is 0 Å².